The normalized spacial score (nSPS) is 13.6. The number of hydrogen-bond acceptors (Lipinski definition) is 4. The van der Waals surface area contributed by atoms with E-state index in [4.69, 9.17) is 4.74 Å². The van der Waals surface area contributed by atoms with Gasteiger partial charge in [0, 0.05) is 12.4 Å². The molecule has 1 unspecified atom stereocenters. The van der Waals surface area contributed by atoms with Gasteiger partial charge >= 0.3 is 5.97 Å². The third kappa shape index (κ3) is 3.31. The van der Waals surface area contributed by atoms with Gasteiger partial charge in [0.1, 0.15) is 0 Å². The summed E-state index contributed by atoms with van der Waals surface area (Å²) in [5.74, 6) is -0.308. The van der Waals surface area contributed by atoms with E-state index in [0.29, 0.717) is 13.1 Å². The van der Waals surface area contributed by atoms with Crippen LogP contribution in [0.5, 0.6) is 0 Å². The van der Waals surface area contributed by atoms with E-state index in [9.17, 15) is 4.79 Å². The first kappa shape index (κ1) is 15.3. The average Bonchev–Trinajstić information content (AvgIpc) is 3.04. The van der Waals surface area contributed by atoms with E-state index in [0.717, 1.165) is 12.0 Å². The predicted octanol–water partition coefficient (Wildman–Crippen LogP) is 1.95. The second-order valence-electron chi connectivity index (χ2n) is 4.89. The lowest BCUT2D eigenvalue weighted by atomic mass is 9.89. The number of rotatable bonds is 7. The van der Waals surface area contributed by atoms with Gasteiger partial charge in [-0.2, -0.15) is 5.10 Å². The second kappa shape index (κ2) is 7.04. The summed E-state index contributed by atoms with van der Waals surface area (Å²) in [7, 11) is 1.41. The standard InChI is InChI=1S/C16H21N3O2/c1-3-10-17-16(15(20)21-2,13-19-12-7-11-18-19)14-8-5-4-6-9-14/h4-9,11-12,17H,3,10,13H2,1-2H3. The smallest absolute Gasteiger partial charge is 0.332 e. The van der Waals surface area contributed by atoms with E-state index >= 15 is 0 Å². The van der Waals surface area contributed by atoms with Crippen molar-refractivity contribution in [1.29, 1.82) is 0 Å². The van der Waals surface area contributed by atoms with Crippen molar-refractivity contribution in [3.05, 3.63) is 54.4 Å². The van der Waals surface area contributed by atoms with Crippen LogP contribution in [-0.2, 0) is 21.6 Å². The molecule has 1 aromatic carbocycles. The minimum Gasteiger partial charge on any atom is -0.467 e. The van der Waals surface area contributed by atoms with Crippen LogP contribution in [0.15, 0.2) is 48.8 Å². The van der Waals surface area contributed by atoms with Crippen LogP contribution in [0.3, 0.4) is 0 Å². The van der Waals surface area contributed by atoms with Crippen molar-refractivity contribution in [3.8, 4) is 0 Å². The molecule has 2 rings (SSSR count). The van der Waals surface area contributed by atoms with Gasteiger partial charge in [-0.3, -0.25) is 10.00 Å². The average molecular weight is 287 g/mol. The lowest BCUT2D eigenvalue weighted by Crippen LogP contribution is -2.53. The Morgan fingerprint density at radius 2 is 2.10 bits per heavy atom. The lowest BCUT2D eigenvalue weighted by Gasteiger charge is -2.32. The highest BCUT2D eigenvalue weighted by atomic mass is 16.5. The zero-order chi connectivity index (χ0) is 15.1. The van der Waals surface area contributed by atoms with E-state index in [1.54, 1.807) is 10.9 Å². The summed E-state index contributed by atoms with van der Waals surface area (Å²) in [4.78, 5) is 12.5. The van der Waals surface area contributed by atoms with E-state index < -0.39 is 5.54 Å². The quantitative estimate of drug-likeness (QED) is 0.791. The van der Waals surface area contributed by atoms with E-state index in [2.05, 4.69) is 17.3 Å². The molecule has 5 heteroatoms. The second-order valence-corrected chi connectivity index (χ2v) is 4.89. The van der Waals surface area contributed by atoms with Crippen LogP contribution in [0.2, 0.25) is 0 Å². The van der Waals surface area contributed by atoms with Gasteiger partial charge in [0.05, 0.1) is 13.7 Å². The Morgan fingerprint density at radius 1 is 1.33 bits per heavy atom. The molecule has 0 fully saturated rings. The van der Waals surface area contributed by atoms with Crippen molar-refractivity contribution >= 4 is 5.97 Å². The van der Waals surface area contributed by atoms with Crippen molar-refractivity contribution in [1.82, 2.24) is 15.1 Å². The molecule has 0 aliphatic heterocycles. The summed E-state index contributed by atoms with van der Waals surface area (Å²) in [6.07, 6.45) is 4.46. The van der Waals surface area contributed by atoms with Crippen LogP contribution in [0, 0.1) is 0 Å². The Hall–Kier alpha value is -2.14. The van der Waals surface area contributed by atoms with Crippen molar-refractivity contribution < 1.29 is 9.53 Å². The lowest BCUT2D eigenvalue weighted by molar-refractivity contribution is -0.150. The van der Waals surface area contributed by atoms with Crippen LogP contribution in [0.4, 0.5) is 0 Å². The highest BCUT2D eigenvalue weighted by Gasteiger charge is 2.41. The molecular formula is C16H21N3O2. The van der Waals surface area contributed by atoms with Gasteiger partial charge in [-0.25, -0.2) is 4.79 Å². The fraction of sp³-hybridized carbons (Fsp3) is 0.375. The number of carbonyl (C=O) groups excluding carboxylic acids is 1. The van der Waals surface area contributed by atoms with Gasteiger partial charge in [0.15, 0.2) is 5.54 Å². The zero-order valence-corrected chi connectivity index (χ0v) is 12.5. The van der Waals surface area contributed by atoms with Gasteiger partial charge < -0.3 is 4.74 Å². The van der Waals surface area contributed by atoms with E-state index in [-0.39, 0.29) is 5.97 Å². The number of ether oxygens (including phenoxy) is 1. The molecule has 1 N–H and O–H groups in total. The number of nitrogens with one attached hydrogen (secondary N) is 1. The van der Waals surface area contributed by atoms with Gasteiger partial charge in [0.25, 0.3) is 0 Å². The van der Waals surface area contributed by atoms with Crippen molar-refractivity contribution in [2.24, 2.45) is 0 Å². The number of nitrogens with zero attached hydrogens (tertiary/aromatic N) is 2. The molecular weight excluding hydrogens is 266 g/mol. The molecule has 0 aliphatic rings. The number of methoxy groups -OCH3 is 1. The van der Waals surface area contributed by atoms with Crippen LogP contribution in [0.25, 0.3) is 0 Å². The van der Waals surface area contributed by atoms with Crippen molar-refractivity contribution in [3.63, 3.8) is 0 Å². The number of hydrogen-bond donors (Lipinski definition) is 1. The molecule has 21 heavy (non-hydrogen) atoms. The fourth-order valence-corrected chi connectivity index (χ4v) is 2.38. The Bertz CT molecular complexity index is 554. The van der Waals surface area contributed by atoms with Gasteiger partial charge in [-0.05, 0) is 24.6 Å². The number of benzene rings is 1. The van der Waals surface area contributed by atoms with Gasteiger partial charge in [-0.1, -0.05) is 37.3 Å². The summed E-state index contributed by atoms with van der Waals surface area (Å²) < 4.78 is 6.82. The van der Waals surface area contributed by atoms with Crippen molar-refractivity contribution in [2.75, 3.05) is 13.7 Å². The summed E-state index contributed by atoms with van der Waals surface area (Å²) in [6.45, 7) is 3.16. The molecule has 5 nitrogen and oxygen atoms in total. The summed E-state index contributed by atoms with van der Waals surface area (Å²) >= 11 is 0. The molecule has 0 amide bonds. The Balaban J connectivity index is 2.44. The molecule has 1 heterocycles. The monoisotopic (exact) mass is 287 g/mol. The first-order valence-electron chi connectivity index (χ1n) is 7.09. The van der Waals surface area contributed by atoms with E-state index in [1.807, 2.05) is 42.6 Å². The van der Waals surface area contributed by atoms with Crippen molar-refractivity contribution in [2.45, 2.75) is 25.4 Å². The topological polar surface area (TPSA) is 56.2 Å². The highest BCUT2D eigenvalue weighted by Crippen LogP contribution is 2.25. The van der Waals surface area contributed by atoms with Gasteiger partial charge in [0.2, 0.25) is 0 Å². The minimum atomic E-state index is -0.933. The zero-order valence-electron chi connectivity index (χ0n) is 12.5. The number of esters is 1. The van der Waals surface area contributed by atoms with Crippen LogP contribution >= 0.6 is 0 Å². The molecule has 0 aliphatic carbocycles. The highest BCUT2D eigenvalue weighted by molar-refractivity contribution is 5.82. The Labute approximate surface area is 124 Å². The Morgan fingerprint density at radius 3 is 2.67 bits per heavy atom. The Kier molecular flexibility index (Phi) is 5.11. The van der Waals surface area contributed by atoms with Crippen LogP contribution in [-0.4, -0.2) is 29.4 Å². The molecule has 0 saturated heterocycles. The summed E-state index contributed by atoms with van der Waals surface area (Å²) in [6, 6.07) is 11.5. The maximum atomic E-state index is 12.5. The van der Waals surface area contributed by atoms with Crippen LogP contribution in [0.1, 0.15) is 18.9 Å². The summed E-state index contributed by atoms with van der Waals surface area (Å²) in [5, 5.41) is 7.57. The largest absolute Gasteiger partial charge is 0.467 e. The molecule has 0 spiro atoms. The molecule has 2 aromatic rings. The minimum absolute atomic E-state index is 0.308. The molecule has 1 atom stereocenters. The first-order chi connectivity index (χ1) is 10.2. The molecule has 0 bridgehead atoms. The molecule has 112 valence electrons. The molecule has 1 aromatic heterocycles. The fourth-order valence-electron chi connectivity index (χ4n) is 2.38. The molecule has 0 radical (unpaired) electrons. The third-order valence-corrected chi connectivity index (χ3v) is 3.44. The van der Waals surface area contributed by atoms with Gasteiger partial charge in [-0.15, -0.1) is 0 Å². The number of carbonyl (C=O) groups is 1. The third-order valence-electron chi connectivity index (χ3n) is 3.44. The number of aromatic nitrogens is 2. The van der Waals surface area contributed by atoms with Crippen LogP contribution < -0.4 is 5.32 Å². The van der Waals surface area contributed by atoms with E-state index in [1.165, 1.54) is 7.11 Å². The maximum Gasteiger partial charge on any atom is 0.332 e. The predicted molar refractivity (Wildman–Crippen MR) is 80.7 cm³/mol. The maximum absolute atomic E-state index is 12.5. The SMILES string of the molecule is CCCNC(Cn1cccn1)(C(=O)OC)c1ccccc1. The summed E-state index contributed by atoms with van der Waals surface area (Å²) in [5.41, 5.74) is -0.0568. The molecule has 0 saturated carbocycles. The first-order valence-corrected chi connectivity index (χ1v) is 7.09.